The summed E-state index contributed by atoms with van der Waals surface area (Å²) in [7, 11) is -2.99. The predicted octanol–water partition coefficient (Wildman–Crippen LogP) is 1.13. The summed E-state index contributed by atoms with van der Waals surface area (Å²) >= 11 is 0. The molecule has 0 saturated heterocycles. The molecule has 4 nitrogen and oxygen atoms in total. The first-order valence-corrected chi connectivity index (χ1v) is 8.08. The van der Waals surface area contributed by atoms with Crippen molar-refractivity contribution in [2.45, 2.75) is 25.4 Å². The molecule has 0 aliphatic rings. The highest BCUT2D eigenvalue weighted by molar-refractivity contribution is 7.90. The first kappa shape index (κ1) is 15.1. The summed E-state index contributed by atoms with van der Waals surface area (Å²) in [5.41, 5.74) is 1.06. The van der Waals surface area contributed by atoms with Crippen molar-refractivity contribution < 1.29 is 13.5 Å². The summed E-state index contributed by atoms with van der Waals surface area (Å²) in [6.45, 7) is 1.91. The van der Waals surface area contributed by atoms with Gasteiger partial charge in [-0.25, -0.2) is 8.42 Å². The fraction of sp³-hybridized carbons (Fsp3) is 0.538. The van der Waals surface area contributed by atoms with Crippen molar-refractivity contribution in [1.82, 2.24) is 5.32 Å². The molecule has 102 valence electrons. The molecule has 0 bridgehead atoms. The summed E-state index contributed by atoms with van der Waals surface area (Å²) in [5.74, 6) is 0.0990. The van der Waals surface area contributed by atoms with E-state index in [9.17, 15) is 8.42 Å². The zero-order valence-corrected chi connectivity index (χ0v) is 11.7. The summed E-state index contributed by atoms with van der Waals surface area (Å²) in [6.07, 6.45) is 1.80. The van der Waals surface area contributed by atoms with Gasteiger partial charge in [-0.15, -0.1) is 0 Å². The van der Waals surface area contributed by atoms with Crippen LogP contribution in [0.15, 0.2) is 30.3 Å². The summed E-state index contributed by atoms with van der Waals surface area (Å²) < 4.78 is 22.5. The third kappa shape index (κ3) is 5.62. The average Bonchev–Trinajstić information content (AvgIpc) is 2.27. The fourth-order valence-corrected chi connectivity index (χ4v) is 3.01. The van der Waals surface area contributed by atoms with Crippen molar-refractivity contribution in [3.63, 3.8) is 0 Å². The van der Waals surface area contributed by atoms with Crippen LogP contribution in [0.2, 0.25) is 0 Å². The lowest BCUT2D eigenvalue weighted by Gasteiger charge is -2.22. The van der Waals surface area contributed by atoms with Crippen LogP contribution in [-0.2, 0) is 9.84 Å². The van der Waals surface area contributed by atoms with Crippen LogP contribution in [0.5, 0.6) is 0 Å². The standard InChI is InChI=1S/C13H21NO3S/c1-11(10-18(2,16)17)14-13(8-9-15)12-6-4-3-5-7-12/h3-7,11,13-15H,8-10H2,1-2H3/t11?,13-/m1/s1. The lowest BCUT2D eigenvalue weighted by Crippen LogP contribution is -2.36. The first-order valence-electron chi connectivity index (χ1n) is 6.02. The van der Waals surface area contributed by atoms with Crippen molar-refractivity contribution in [3.05, 3.63) is 35.9 Å². The van der Waals surface area contributed by atoms with Gasteiger partial charge in [0.15, 0.2) is 0 Å². The van der Waals surface area contributed by atoms with Crippen LogP contribution >= 0.6 is 0 Å². The van der Waals surface area contributed by atoms with E-state index in [0.717, 1.165) is 5.56 Å². The molecular formula is C13H21NO3S. The largest absolute Gasteiger partial charge is 0.396 e. The average molecular weight is 271 g/mol. The molecule has 2 N–H and O–H groups in total. The van der Waals surface area contributed by atoms with E-state index in [0.29, 0.717) is 6.42 Å². The maximum absolute atomic E-state index is 11.2. The topological polar surface area (TPSA) is 66.4 Å². The smallest absolute Gasteiger partial charge is 0.148 e. The molecule has 0 aromatic heterocycles. The van der Waals surface area contributed by atoms with Crippen molar-refractivity contribution in [3.8, 4) is 0 Å². The zero-order valence-electron chi connectivity index (χ0n) is 10.8. The van der Waals surface area contributed by atoms with E-state index in [-0.39, 0.29) is 24.4 Å². The number of aliphatic hydroxyl groups excluding tert-OH is 1. The third-order valence-corrected chi connectivity index (χ3v) is 3.76. The molecule has 0 aliphatic carbocycles. The minimum Gasteiger partial charge on any atom is -0.396 e. The summed E-state index contributed by atoms with van der Waals surface area (Å²) in [6, 6.07) is 9.58. The Morgan fingerprint density at radius 3 is 2.39 bits per heavy atom. The second-order valence-corrected chi connectivity index (χ2v) is 6.82. The number of sulfone groups is 1. The van der Waals surface area contributed by atoms with Gasteiger partial charge in [0.25, 0.3) is 0 Å². The fourth-order valence-electron chi connectivity index (χ4n) is 2.01. The molecule has 1 aromatic rings. The molecule has 1 unspecified atom stereocenters. The van der Waals surface area contributed by atoms with Gasteiger partial charge < -0.3 is 10.4 Å². The molecule has 1 rings (SSSR count). The number of rotatable bonds is 7. The van der Waals surface area contributed by atoms with Crippen molar-refractivity contribution in [1.29, 1.82) is 0 Å². The van der Waals surface area contributed by atoms with Crippen LogP contribution in [0.4, 0.5) is 0 Å². The quantitative estimate of drug-likeness (QED) is 0.780. The molecule has 0 spiro atoms. The normalized spacial score (nSPS) is 15.3. The maximum Gasteiger partial charge on any atom is 0.148 e. The maximum atomic E-state index is 11.2. The highest BCUT2D eigenvalue weighted by Crippen LogP contribution is 2.16. The molecule has 0 aliphatic heterocycles. The minimum absolute atomic E-state index is 0.0204. The summed E-state index contributed by atoms with van der Waals surface area (Å²) in [4.78, 5) is 0. The van der Waals surface area contributed by atoms with Gasteiger partial charge >= 0.3 is 0 Å². The lowest BCUT2D eigenvalue weighted by molar-refractivity contribution is 0.261. The number of benzene rings is 1. The highest BCUT2D eigenvalue weighted by Gasteiger charge is 2.16. The molecule has 0 saturated carbocycles. The second kappa shape index (κ2) is 6.87. The Labute approximate surface area is 109 Å². The van der Waals surface area contributed by atoms with Crippen LogP contribution in [0.3, 0.4) is 0 Å². The van der Waals surface area contributed by atoms with Crippen molar-refractivity contribution in [2.75, 3.05) is 18.6 Å². The Morgan fingerprint density at radius 1 is 1.28 bits per heavy atom. The van der Waals surface area contributed by atoms with E-state index in [1.165, 1.54) is 6.26 Å². The monoisotopic (exact) mass is 271 g/mol. The van der Waals surface area contributed by atoms with Crippen molar-refractivity contribution in [2.24, 2.45) is 0 Å². The van der Waals surface area contributed by atoms with Gasteiger partial charge in [0.2, 0.25) is 0 Å². The van der Waals surface area contributed by atoms with Crippen LogP contribution in [-0.4, -0.2) is 38.2 Å². The van der Waals surface area contributed by atoms with Crippen molar-refractivity contribution >= 4 is 9.84 Å². The van der Waals surface area contributed by atoms with E-state index in [1.807, 2.05) is 37.3 Å². The van der Waals surface area contributed by atoms with Gasteiger partial charge in [0.1, 0.15) is 9.84 Å². The van der Waals surface area contributed by atoms with Crippen LogP contribution in [0.1, 0.15) is 24.9 Å². The van der Waals surface area contributed by atoms with Gasteiger partial charge in [0, 0.05) is 24.9 Å². The number of hydrogen-bond acceptors (Lipinski definition) is 4. The van der Waals surface area contributed by atoms with Gasteiger partial charge in [-0.05, 0) is 18.9 Å². The van der Waals surface area contributed by atoms with Gasteiger partial charge in [-0.1, -0.05) is 30.3 Å². The number of nitrogens with one attached hydrogen (secondary N) is 1. The Kier molecular flexibility index (Phi) is 5.78. The van der Waals surface area contributed by atoms with E-state index in [4.69, 9.17) is 5.11 Å². The molecule has 0 amide bonds. The van der Waals surface area contributed by atoms with Crippen LogP contribution < -0.4 is 5.32 Å². The molecule has 5 heteroatoms. The Morgan fingerprint density at radius 2 is 1.89 bits per heavy atom. The Hall–Kier alpha value is -0.910. The number of hydrogen-bond donors (Lipinski definition) is 2. The summed E-state index contributed by atoms with van der Waals surface area (Å²) in [5, 5.41) is 12.3. The van der Waals surface area contributed by atoms with Gasteiger partial charge in [-0.2, -0.15) is 0 Å². The lowest BCUT2D eigenvalue weighted by atomic mass is 10.0. The highest BCUT2D eigenvalue weighted by atomic mass is 32.2. The SMILES string of the molecule is CC(CS(C)(=O)=O)N[C@H](CCO)c1ccccc1. The van der Waals surface area contributed by atoms with Gasteiger partial charge in [0.05, 0.1) is 5.75 Å². The third-order valence-electron chi connectivity index (χ3n) is 2.66. The number of aliphatic hydroxyl groups is 1. The minimum atomic E-state index is -2.99. The first-order chi connectivity index (χ1) is 8.42. The Bertz CT molecular complexity index is 445. The zero-order chi connectivity index (χ0) is 13.6. The van der Waals surface area contributed by atoms with E-state index in [2.05, 4.69) is 5.32 Å². The predicted molar refractivity (Wildman–Crippen MR) is 73.2 cm³/mol. The molecule has 2 atom stereocenters. The molecule has 1 aromatic carbocycles. The molecule has 0 radical (unpaired) electrons. The molecule has 0 heterocycles. The van der Waals surface area contributed by atoms with Crippen LogP contribution in [0.25, 0.3) is 0 Å². The van der Waals surface area contributed by atoms with E-state index < -0.39 is 9.84 Å². The second-order valence-electron chi connectivity index (χ2n) is 4.64. The molecular weight excluding hydrogens is 250 g/mol. The van der Waals surface area contributed by atoms with Gasteiger partial charge in [-0.3, -0.25) is 0 Å². The Balaban J connectivity index is 2.69. The van der Waals surface area contributed by atoms with E-state index in [1.54, 1.807) is 0 Å². The molecule has 0 fully saturated rings. The van der Waals surface area contributed by atoms with Crippen LogP contribution in [0, 0.1) is 0 Å². The van der Waals surface area contributed by atoms with E-state index >= 15 is 0 Å². The molecule has 18 heavy (non-hydrogen) atoms.